The van der Waals surface area contributed by atoms with E-state index in [1.807, 2.05) is 11.6 Å². The molecule has 0 saturated carbocycles. The largest absolute Gasteiger partial charge is 0.375 e. The first-order chi connectivity index (χ1) is 9.38. The summed E-state index contributed by atoms with van der Waals surface area (Å²) in [7, 11) is 0. The minimum absolute atomic E-state index is 0.263. The van der Waals surface area contributed by atoms with Crippen LogP contribution in [0.5, 0.6) is 0 Å². The number of ether oxygens (including phenoxy) is 1. The Morgan fingerprint density at radius 2 is 2.37 bits per heavy atom. The SMILES string of the molecule is CCC(NC1COCc2ccccc21)c1nccs1. The standard InChI is InChI=1S/C15H18N2OS/c1-2-13(15-16-7-8-19-15)17-14-10-18-9-11-5-3-4-6-12(11)14/h3-8,13-14,17H,2,9-10H2,1H3. The number of aromatic nitrogens is 1. The number of thiazole rings is 1. The van der Waals surface area contributed by atoms with Gasteiger partial charge in [-0.25, -0.2) is 4.98 Å². The molecular weight excluding hydrogens is 256 g/mol. The zero-order chi connectivity index (χ0) is 13.1. The fourth-order valence-corrected chi connectivity index (χ4v) is 3.32. The van der Waals surface area contributed by atoms with Crippen LogP contribution in [0.3, 0.4) is 0 Å². The summed E-state index contributed by atoms with van der Waals surface area (Å²) in [4.78, 5) is 4.42. The maximum Gasteiger partial charge on any atom is 0.109 e. The molecule has 1 aliphatic heterocycles. The molecule has 2 heterocycles. The minimum Gasteiger partial charge on any atom is -0.375 e. The van der Waals surface area contributed by atoms with Gasteiger partial charge in [-0.15, -0.1) is 11.3 Å². The van der Waals surface area contributed by atoms with E-state index in [9.17, 15) is 0 Å². The first-order valence-corrected chi connectivity index (χ1v) is 7.57. The van der Waals surface area contributed by atoms with Gasteiger partial charge < -0.3 is 4.74 Å². The molecule has 2 atom stereocenters. The second-order valence-corrected chi connectivity index (χ2v) is 5.69. The summed E-state index contributed by atoms with van der Waals surface area (Å²) in [6.07, 6.45) is 2.90. The molecule has 19 heavy (non-hydrogen) atoms. The highest BCUT2D eigenvalue weighted by molar-refractivity contribution is 7.09. The van der Waals surface area contributed by atoms with Crippen molar-refractivity contribution in [2.45, 2.75) is 32.0 Å². The second kappa shape index (κ2) is 5.82. The number of benzene rings is 1. The zero-order valence-electron chi connectivity index (χ0n) is 11.0. The van der Waals surface area contributed by atoms with Crippen LogP contribution in [0.2, 0.25) is 0 Å². The van der Waals surface area contributed by atoms with E-state index < -0.39 is 0 Å². The third kappa shape index (κ3) is 2.71. The number of rotatable bonds is 4. The van der Waals surface area contributed by atoms with Crippen LogP contribution in [0.15, 0.2) is 35.8 Å². The van der Waals surface area contributed by atoms with Crippen molar-refractivity contribution in [1.82, 2.24) is 10.3 Å². The van der Waals surface area contributed by atoms with E-state index in [0.29, 0.717) is 6.04 Å². The van der Waals surface area contributed by atoms with Gasteiger partial charge in [-0.05, 0) is 17.5 Å². The van der Waals surface area contributed by atoms with Gasteiger partial charge in [-0.1, -0.05) is 31.2 Å². The molecule has 0 fully saturated rings. The summed E-state index contributed by atoms with van der Waals surface area (Å²) < 4.78 is 5.69. The maximum atomic E-state index is 5.69. The molecule has 0 saturated heterocycles. The smallest absolute Gasteiger partial charge is 0.109 e. The Bertz CT molecular complexity index is 527. The first kappa shape index (κ1) is 12.8. The van der Waals surface area contributed by atoms with Crippen molar-refractivity contribution in [3.05, 3.63) is 52.0 Å². The van der Waals surface area contributed by atoms with E-state index in [2.05, 4.69) is 41.5 Å². The molecule has 0 amide bonds. The average molecular weight is 274 g/mol. The van der Waals surface area contributed by atoms with Gasteiger partial charge in [-0.3, -0.25) is 5.32 Å². The Kier molecular flexibility index (Phi) is 3.92. The monoisotopic (exact) mass is 274 g/mol. The molecular formula is C15H18N2OS. The summed E-state index contributed by atoms with van der Waals surface area (Å²) in [6.45, 7) is 3.65. The molecule has 1 aromatic heterocycles. The van der Waals surface area contributed by atoms with Gasteiger partial charge in [0.1, 0.15) is 5.01 Å². The van der Waals surface area contributed by atoms with Gasteiger partial charge in [0.15, 0.2) is 0 Å². The molecule has 100 valence electrons. The van der Waals surface area contributed by atoms with Crippen LogP contribution in [0.4, 0.5) is 0 Å². The summed E-state index contributed by atoms with van der Waals surface area (Å²) >= 11 is 1.71. The lowest BCUT2D eigenvalue weighted by Gasteiger charge is -2.29. The third-order valence-corrected chi connectivity index (χ3v) is 4.42. The van der Waals surface area contributed by atoms with Crippen LogP contribution >= 0.6 is 11.3 Å². The van der Waals surface area contributed by atoms with Crippen molar-refractivity contribution in [2.24, 2.45) is 0 Å². The molecule has 1 aliphatic rings. The second-order valence-electron chi connectivity index (χ2n) is 4.76. The molecule has 4 heteroatoms. The van der Waals surface area contributed by atoms with Crippen LogP contribution in [-0.2, 0) is 11.3 Å². The topological polar surface area (TPSA) is 34.1 Å². The lowest BCUT2D eigenvalue weighted by Crippen LogP contribution is -2.32. The van der Waals surface area contributed by atoms with Crippen molar-refractivity contribution in [3.63, 3.8) is 0 Å². The Morgan fingerprint density at radius 1 is 1.47 bits per heavy atom. The van der Waals surface area contributed by atoms with Crippen molar-refractivity contribution < 1.29 is 4.74 Å². The third-order valence-electron chi connectivity index (χ3n) is 3.53. The molecule has 3 nitrogen and oxygen atoms in total. The number of fused-ring (bicyclic) bond motifs is 1. The summed E-state index contributed by atoms with van der Waals surface area (Å²) in [6, 6.07) is 9.09. The minimum atomic E-state index is 0.263. The molecule has 0 bridgehead atoms. The molecule has 0 spiro atoms. The predicted octanol–water partition coefficient (Wildman–Crippen LogP) is 3.46. The Balaban J connectivity index is 1.80. The van der Waals surface area contributed by atoms with Gasteiger partial charge in [0.2, 0.25) is 0 Å². The molecule has 0 radical (unpaired) electrons. The van der Waals surface area contributed by atoms with Crippen LogP contribution in [0.1, 0.15) is 41.6 Å². The highest BCUT2D eigenvalue weighted by Crippen LogP contribution is 2.28. The Hall–Kier alpha value is -1.23. The number of hydrogen-bond donors (Lipinski definition) is 1. The highest BCUT2D eigenvalue weighted by atomic mass is 32.1. The van der Waals surface area contributed by atoms with Crippen molar-refractivity contribution in [1.29, 1.82) is 0 Å². The first-order valence-electron chi connectivity index (χ1n) is 6.69. The van der Waals surface area contributed by atoms with E-state index in [1.54, 1.807) is 11.3 Å². The van der Waals surface area contributed by atoms with Crippen molar-refractivity contribution in [2.75, 3.05) is 6.61 Å². The zero-order valence-corrected chi connectivity index (χ0v) is 11.8. The lowest BCUT2D eigenvalue weighted by atomic mass is 9.98. The molecule has 2 unspecified atom stereocenters. The molecule has 3 rings (SSSR count). The van der Waals surface area contributed by atoms with E-state index in [1.165, 1.54) is 11.1 Å². The Labute approximate surface area is 117 Å². The fraction of sp³-hybridized carbons (Fsp3) is 0.400. The lowest BCUT2D eigenvalue weighted by molar-refractivity contribution is 0.0781. The average Bonchev–Trinajstić information content (AvgIpc) is 2.99. The van der Waals surface area contributed by atoms with Gasteiger partial charge in [0.05, 0.1) is 25.3 Å². The molecule has 1 aromatic carbocycles. The van der Waals surface area contributed by atoms with Crippen molar-refractivity contribution in [3.8, 4) is 0 Å². The van der Waals surface area contributed by atoms with Gasteiger partial charge in [0.25, 0.3) is 0 Å². The van der Waals surface area contributed by atoms with Gasteiger partial charge in [-0.2, -0.15) is 0 Å². The van der Waals surface area contributed by atoms with Gasteiger partial charge in [0, 0.05) is 11.6 Å². The predicted molar refractivity (Wildman–Crippen MR) is 77.1 cm³/mol. The molecule has 2 aromatic rings. The molecule has 0 aliphatic carbocycles. The normalized spacial score (nSPS) is 19.9. The van der Waals surface area contributed by atoms with Crippen LogP contribution in [0.25, 0.3) is 0 Å². The van der Waals surface area contributed by atoms with Crippen LogP contribution in [0, 0.1) is 0 Å². The quantitative estimate of drug-likeness (QED) is 0.927. The van der Waals surface area contributed by atoms with Crippen LogP contribution in [-0.4, -0.2) is 11.6 Å². The summed E-state index contributed by atoms with van der Waals surface area (Å²) in [5, 5.41) is 6.88. The summed E-state index contributed by atoms with van der Waals surface area (Å²) in [5.74, 6) is 0. The molecule has 1 N–H and O–H groups in total. The van der Waals surface area contributed by atoms with E-state index >= 15 is 0 Å². The number of hydrogen-bond acceptors (Lipinski definition) is 4. The van der Waals surface area contributed by atoms with E-state index in [4.69, 9.17) is 4.74 Å². The van der Waals surface area contributed by atoms with Crippen molar-refractivity contribution >= 4 is 11.3 Å². The van der Waals surface area contributed by atoms with Gasteiger partial charge >= 0.3 is 0 Å². The van der Waals surface area contributed by atoms with Crippen LogP contribution < -0.4 is 5.32 Å². The maximum absolute atomic E-state index is 5.69. The summed E-state index contributed by atoms with van der Waals surface area (Å²) in [5.41, 5.74) is 2.66. The highest BCUT2D eigenvalue weighted by Gasteiger charge is 2.23. The fourth-order valence-electron chi connectivity index (χ4n) is 2.53. The van der Waals surface area contributed by atoms with E-state index in [-0.39, 0.29) is 6.04 Å². The number of nitrogens with zero attached hydrogens (tertiary/aromatic N) is 1. The van der Waals surface area contributed by atoms with E-state index in [0.717, 1.165) is 24.6 Å². The number of nitrogens with one attached hydrogen (secondary N) is 1. The Morgan fingerprint density at radius 3 is 3.16 bits per heavy atom.